The molecule has 1 aliphatic heterocycles. The Bertz CT molecular complexity index is 1390. The number of rotatable bonds is 5. The third kappa shape index (κ3) is 3.45. The van der Waals surface area contributed by atoms with Gasteiger partial charge in [0.15, 0.2) is 10.8 Å². The van der Waals surface area contributed by atoms with Crippen LogP contribution >= 0.6 is 11.6 Å². The third-order valence-electron chi connectivity index (χ3n) is 7.62. The number of hydrogen-bond donors (Lipinski definition) is 1. The normalized spacial score (nSPS) is 26.6. The summed E-state index contributed by atoms with van der Waals surface area (Å²) in [6.07, 6.45) is -3.28. The number of hydrogen-bond acceptors (Lipinski definition) is 4. The minimum Gasteiger partial charge on any atom is -0.358 e. The van der Waals surface area contributed by atoms with Gasteiger partial charge in [-0.15, -0.1) is 0 Å². The molecule has 3 heterocycles. The fourth-order valence-corrected chi connectivity index (χ4v) is 6.01. The average molecular weight is 542 g/mol. The zero-order valence-electron chi connectivity index (χ0n) is 20.5. The summed E-state index contributed by atoms with van der Waals surface area (Å²) < 4.78 is 74.5. The van der Waals surface area contributed by atoms with Gasteiger partial charge in [0, 0.05) is 25.3 Å². The lowest BCUT2D eigenvalue weighted by Crippen LogP contribution is -2.43. The molecule has 0 spiro atoms. The monoisotopic (exact) mass is 541 g/mol. The van der Waals surface area contributed by atoms with Crippen molar-refractivity contribution in [1.82, 2.24) is 19.9 Å². The summed E-state index contributed by atoms with van der Waals surface area (Å²) in [4.78, 5) is 18.2. The van der Waals surface area contributed by atoms with E-state index in [9.17, 15) is 18.0 Å². The van der Waals surface area contributed by atoms with E-state index in [-0.39, 0.29) is 40.1 Å². The maximum atomic E-state index is 15.2. The number of nitrogens with one attached hydrogen (secondary N) is 1. The quantitative estimate of drug-likeness (QED) is 0.411. The van der Waals surface area contributed by atoms with Crippen molar-refractivity contribution in [3.05, 3.63) is 52.9 Å². The fourth-order valence-electron chi connectivity index (χ4n) is 5.83. The first kappa shape index (κ1) is 25.7. The van der Waals surface area contributed by atoms with E-state index in [1.165, 1.54) is 48.5 Å². The number of amides is 1. The minimum atomic E-state index is -4.62. The molecule has 1 N–H and O–H groups in total. The molecule has 5 rings (SSSR count). The maximum absolute atomic E-state index is 15.2. The van der Waals surface area contributed by atoms with Crippen LogP contribution in [0.5, 0.6) is 0 Å². The second-order valence-corrected chi connectivity index (χ2v) is 10.8. The molecule has 1 fully saturated rings. The van der Waals surface area contributed by atoms with Crippen LogP contribution in [0, 0.1) is 11.3 Å². The van der Waals surface area contributed by atoms with Crippen LogP contribution < -0.4 is 10.2 Å². The van der Waals surface area contributed by atoms with Gasteiger partial charge in [0.05, 0.1) is 23.5 Å². The highest BCUT2D eigenvalue weighted by molar-refractivity contribution is 6.29. The molecule has 1 amide bonds. The van der Waals surface area contributed by atoms with Gasteiger partial charge < -0.3 is 10.2 Å². The molecule has 0 bridgehead atoms. The van der Waals surface area contributed by atoms with E-state index < -0.39 is 41.3 Å². The molecule has 0 saturated heterocycles. The first-order chi connectivity index (χ1) is 17.2. The molecule has 0 radical (unpaired) electrons. The molecule has 3 aromatic rings. The Morgan fingerprint density at radius 2 is 1.89 bits per heavy atom. The lowest BCUT2D eigenvalue weighted by Gasteiger charge is -2.28. The molecular formula is C25H25ClF5N5O. The summed E-state index contributed by atoms with van der Waals surface area (Å²) in [6.45, 7) is 4.18. The lowest BCUT2D eigenvalue weighted by molar-refractivity contribution is -0.181. The third-order valence-corrected chi connectivity index (χ3v) is 7.80. The van der Waals surface area contributed by atoms with Gasteiger partial charge in [-0.05, 0) is 37.0 Å². The van der Waals surface area contributed by atoms with Crippen molar-refractivity contribution < 1.29 is 26.7 Å². The first-order valence-corrected chi connectivity index (χ1v) is 12.2. The highest BCUT2D eigenvalue weighted by Gasteiger charge is 2.84. The topological polar surface area (TPSA) is 62.5 Å². The maximum Gasteiger partial charge on any atom is 0.401 e. The molecular weight excluding hydrogens is 517 g/mol. The van der Waals surface area contributed by atoms with Crippen LogP contribution in [0.3, 0.4) is 0 Å². The predicted molar refractivity (Wildman–Crippen MR) is 128 cm³/mol. The molecule has 1 aromatic carbocycles. The molecule has 2 aromatic heterocycles. The van der Waals surface area contributed by atoms with Gasteiger partial charge in [-0.1, -0.05) is 37.6 Å². The SMILES string of the molecule is CNC(=O)C1(CC(C)C)C(c2ccc(N3C[C@@](C)(C(F)(F)F)c4c3cnc3cc(Cl)nn43)cc2)C1(F)F. The summed E-state index contributed by atoms with van der Waals surface area (Å²) in [6, 6.07) is 7.29. The predicted octanol–water partition coefficient (Wildman–Crippen LogP) is 5.87. The van der Waals surface area contributed by atoms with Crippen LogP contribution in [0.1, 0.15) is 44.4 Å². The van der Waals surface area contributed by atoms with E-state index in [4.69, 9.17) is 11.6 Å². The van der Waals surface area contributed by atoms with E-state index in [1.54, 1.807) is 13.8 Å². The zero-order valence-corrected chi connectivity index (χ0v) is 21.3. The Balaban J connectivity index is 1.55. The van der Waals surface area contributed by atoms with Crippen molar-refractivity contribution >= 4 is 34.5 Å². The number of fused-ring (bicyclic) bond motifs is 3. The molecule has 1 saturated carbocycles. The van der Waals surface area contributed by atoms with Crippen molar-refractivity contribution in [3.8, 4) is 0 Å². The Kier molecular flexibility index (Phi) is 5.57. The standard InChI is InChI=1S/C25H25ClF5N5O/c1-13(2)10-23(21(37)32-4)19(24(23,27)28)14-5-7-15(8-6-14)35-12-22(3,25(29,30)31)20-16(35)11-33-18-9-17(26)34-36(18)20/h5-9,11,13,19H,10,12H2,1-4H3,(H,32,37)/t19?,22-,23?/m1/s1. The van der Waals surface area contributed by atoms with Crippen LogP contribution in [0.4, 0.5) is 33.3 Å². The molecule has 2 aliphatic rings. The Morgan fingerprint density at radius 1 is 1.24 bits per heavy atom. The van der Waals surface area contributed by atoms with E-state index in [0.29, 0.717) is 5.69 Å². The number of carbonyl (C=O) groups excluding carboxylic acids is 1. The van der Waals surface area contributed by atoms with Crippen LogP contribution in [-0.2, 0) is 10.2 Å². The van der Waals surface area contributed by atoms with E-state index >= 15 is 8.78 Å². The highest BCUT2D eigenvalue weighted by Crippen LogP contribution is 2.73. The molecule has 37 heavy (non-hydrogen) atoms. The van der Waals surface area contributed by atoms with Crippen LogP contribution in [0.2, 0.25) is 5.15 Å². The molecule has 12 heteroatoms. The summed E-state index contributed by atoms with van der Waals surface area (Å²) >= 11 is 5.95. The van der Waals surface area contributed by atoms with Gasteiger partial charge in [-0.2, -0.15) is 18.3 Å². The van der Waals surface area contributed by atoms with Crippen molar-refractivity contribution in [2.24, 2.45) is 11.3 Å². The van der Waals surface area contributed by atoms with Gasteiger partial charge >= 0.3 is 6.18 Å². The number of nitrogens with zero attached hydrogens (tertiary/aromatic N) is 4. The van der Waals surface area contributed by atoms with Crippen molar-refractivity contribution in [2.75, 3.05) is 18.5 Å². The lowest BCUT2D eigenvalue weighted by atomic mass is 9.87. The van der Waals surface area contributed by atoms with Crippen LogP contribution in [0.15, 0.2) is 36.5 Å². The smallest absolute Gasteiger partial charge is 0.358 e. The number of aromatic nitrogens is 3. The van der Waals surface area contributed by atoms with E-state index in [2.05, 4.69) is 15.4 Å². The number of halogens is 6. The van der Waals surface area contributed by atoms with E-state index in [0.717, 1.165) is 11.4 Å². The Morgan fingerprint density at radius 3 is 2.46 bits per heavy atom. The zero-order chi connectivity index (χ0) is 27.1. The van der Waals surface area contributed by atoms with Gasteiger partial charge in [0.25, 0.3) is 5.92 Å². The van der Waals surface area contributed by atoms with E-state index in [1.807, 2.05) is 0 Å². The summed E-state index contributed by atoms with van der Waals surface area (Å²) in [5.41, 5.74) is -3.27. The number of anilines is 2. The second-order valence-electron chi connectivity index (χ2n) is 10.4. The minimum absolute atomic E-state index is 0.00360. The summed E-state index contributed by atoms with van der Waals surface area (Å²) in [5, 5.41) is 6.41. The van der Waals surface area contributed by atoms with Crippen molar-refractivity contribution in [3.63, 3.8) is 0 Å². The average Bonchev–Trinajstić information content (AvgIpc) is 3.08. The Hall–Kier alpha value is -2.95. The number of carbonyl (C=O) groups is 1. The van der Waals surface area contributed by atoms with Gasteiger partial charge in [-0.3, -0.25) is 4.79 Å². The fraction of sp³-hybridized carbons (Fsp3) is 0.480. The largest absolute Gasteiger partial charge is 0.401 e. The number of benzene rings is 1. The van der Waals surface area contributed by atoms with Crippen LogP contribution in [-0.4, -0.2) is 46.2 Å². The molecule has 3 atom stereocenters. The highest BCUT2D eigenvalue weighted by atomic mass is 35.5. The Labute approximate surface area is 214 Å². The summed E-state index contributed by atoms with van der Waals surface area (Å²) in [5.74, 6) is -5.44. The van der Waals surface area contributed by atoms with Gasteiger partial charge in [0.2, 0.25) is 5.91 Å². The first-order valence-electron chi connectivity index (χ1n) is 11.8. The molecule has 6 nitrogen and oxygen atoms in total. The van der Waals surface area contributed by atoms with Gasteiger partial charge in [0.1, 0.15) is 10.8 Å². The molecule has 2 unspecified atom stereocenters. The second kappa shape index (κ2) is 8.02. The number of alkyl halides is 5. The van der Waals surface area contributed by atoms with Gasteiger partial charge in [-0.25, -0.2) is 18.3 Å². The summed E-state index contributed by atoms with van der Waals surface area (Å²) in [7, 11) is 1.33. The van der Waals surface area contributed by atoms with Crippen LogP contribution in [0.25, 0.3) is 5.65 Å². The van der Waals surface area contributed by atoms with Crippen molar-refractivity contribution in [1.29, 1.82) is 0 Å². The molecule has 198 valence electrons. The van der Waals surface area contributed by atoms with Crippen molar-refractivity contribution in [2.45, 2.75) is 50.6 Å². The molecule has 1 aliphatic carbocycles.